The van der Waals surface area contributed by atoms with Crippen LogP contribution in [0.5, 0.6) is 0 Å². The van der Waals surface area contributed by atoms with E-state index in [0.29, 0.717) is 23.4 Å². The van der Waals surface area contributed by atoms with Crippen molar-refractivity contribution in [1.82, 2.24) is 10.3 Å². The van der Waals surface area contributed by atoms with Crippen molar-refractivity contribution in [2.45, 2.75) is 52.0 Å². The molecule has 2 fully saturated rings. The summed E-state index contributed by atoms with van der Waals surface area (Å²) in [5.74, 6) is 2.40. The zero-order chi connectivity index (χ0) is 12.7. The number of carbonyl (C=O) groups excluding carboxylic acids is 1. The Bertz CT molecular complexity index is 454. The second kappa shape index (κ2) is 4.41. The highest BCUT2D eigenvalue weighted by atomic mass is 16.4. The molecule has 1 heterocycles. The topological polar surface area (TPSA) is 55.1 Å². The van der Waals surface area contributed by atoms with Crippen LogP contribution in [0.2, 0.25) is 0 Å². The molecular formula is C14H20N2O2. The number of amides is 1. The van der Waals surface area contributed by atoms with Crippen molar-refractivity contribution < 1.29 is 9.21 Å². The summed E-state index contributed by atoms with van der Waals surface area (Å²) in [4.78, 5) is 16.4. The van der Waals surface area contributed by atoms with Crippen molar-refractivity contribution in [2.24, 2.45) is 11.8 Å². The molecule has 1 aromatic rings. The standard InChI is InChI=1S/C14H20N2O2/c1-3-11-15-8(2)13(18-11)14(17)16-12-9-6-4-5-7-10(9)12/h9-10,12H,3-7H2,1-2H3,(H,16,17). The third-order valence-electron chi connectivity index (χ3n) is 4.30. The Morgan fingerprint density at radius 3 is 2.61 bits per heavy atom. The highest BCUT2D eigenvalue weighted by molar-refractivity contribution is 5.92. The van der Waals surface area contributed by atoms with E-state index in [1.165, 1.54) is 25.7 Å². The smallest absolute Gasteiger partial charge is 0.289 e. The van der Waals surface area contributed by atoms with Gasteiger partial charge in [-0.3, -0.25) is 4.79 Å². The SMILES string of the molecule is CCc1nc(C)c(C(=O)NC2C3CCCCC32)o1. The monoisotopic (exact) mass is 248 g/mol. The quantitative estimate of drug-likeness (QED) is 0.894. The lowest BCUT2D eigenvalue weighted by molar-refractivity contribution is 0.0917. The molecule has 0 spiro atoms. The van der Waals surface area contributed by atoms with Gasteiger partial charge in [0.25, 0.3) is 5.91 Å². The predicted octanol–water partition coefficient (Wildman–Crippen LogP) is 2.46. The average Bonchev–Trinajstić information content (AvgIpc) is 2.92. The van der Waals surface area contributed by atoms with Gasteiger partial charge in [0, 0.05) is 12.5 Å². The Labute approximate surface area is 107 Å². The van der Waals surface area contributed by atoms with Gasteiger partial charge in [-0.2, -0.15) is 0 Å². The molecule has 0 aliphatic heterocycles. The lowest BCUT2D eigenvalue weighted by Gasteiger charge is -2.04. The third-order valence-corrected chi connectivity index (χ3v) is 4.30. The van der Waals surface area contributed by atoms with Crippen LogP contribution in [0.3, 0.4) is 0 Å². The van der Waals surface area contributed by atoms with Crippen molar-refractivity contribution in [3.63, 3.8) is 0 Å². The van der Waals surface area contributed by atoms with Crippen LogP contribution >= 0.6 is 0 Å². The van der Waals surface area contributed by atoms with Crippen LogP contribution in [0, 0.1) is 18.8 Å². The molecule has 0 bridgehead atoms. The van der Waals surface area contributed by atoms with E-state index in [1.54, 1.807) is 0 Å². The number of aromatic nitrogens is 1. The van der Waals surface area contributed by atoms with Crippen LogP contribution in [0.25, 0.3) is 0 Å². The summed E-state index contributed by atoms with van der Waals surface area (Å²) in [6.07, 6.45) is 5.89. The fraction of sp³-hybridized carbons (Fsp3) is 0.714. The number of hydrogen-bond acceptors (Lipinski definition) is 3. The van der Waals surface area contributed by atoms with Gasteiger partial charge in [-0.25, -0.2) is 4.98 Å². The lowest BCUT2D eigenvalue weighted by Crippen LogP contribution is -2.27. The first-order valence-electron chi connectivity index (χ1n) is 6.98. The summed E-state index contributed by atoms with van der Waals surface area (Å²) in [6, 6.07) is 0.384. The number of fused-ring (bicyclic) bond motifs is 1. The molecule has 0 aromatic carbocycles. The highest BCUT2D eigenvalue weighted by Crippen LogP contribution is 2.49. The van der Waals surface area contributed by atoms with E-state index in [0.717, 1.165) is 18.3 Å². The van der Waals surface area contributed by atoms with Gasteiger partial charge in [0.15, 0.2) is 5.89 Å². The molecule has 1 N–H and O–H groups in total. The molecule has 3 rings (SSSR count). The van der Waals surface area contributed by atoms with Crippen molar-refractivity contribution >= 4 is 5.91 Å². The molecule has 2 aliphatic carbocycles. The normalized spacial score (nSPS) is 29.8. The molecule has 98 valence electrons. The Kier molecular flexibility index (Phi) is 2.88. The van der Waals surface area contributed by atoms with E-state index < -0.39 is 0 Å². The van der Waals surface area contributed by atoms with Crippen LogP contribution in [0.4, 0.5) is 0 Å². The largest absolute Gasteiger partial charge is 0.435 e. The molecule has 0 radical (unpaired) electrons. The van der Waals surface area contributed by atoms with Crippen LogP contribution in [-0.4, -0.2) is 16.9 Å². The molecule has 2 atom stereocenters. The van der Waals surface area contributed by atoms with Crippen LogP contribution in [0.15, 0.2) is 4.42 Å². The van der Waals surface area contributed by atoms with Gasteiger partial charge in [-0.15, -0.1) is 0 Å². The Hall–Kier alpha value is -1.32. The van der Waals surface area contributed by atoms with Crippen LogP contribution < -0.4 is 5.32 Å². The predicted molar refractivity (Wildman–Crippen MR) is 67.3 cm³/mol. The van der Waals surface area contributed by atoms with Crippen molar-refractivity contribution in [1.29, 1.82) is 0 Å². The van der Waals surface area contributed by atoms with E-state index in [4.69, 9.17) is 4.42 Å². The van der Waals surface area contributed by atoms with Crippen LogP contribution in [-0.2, 0) is 6.42 Å². The molecule has 0 saturated heterocycles. The third kappa shape index (κ3) is 1.93. The van der Waals surface area contributed by atoms with E-state index in [2.05, 4.69) is 10.3 Å². The van der Waals surface area contributed by atoms with E-state index in [1.807, 2.05) is 13.8 Å². The van der Waals surface area contributed by atoms with Gasteiger partial charge < -0.3 is 9.73 Å². The fourth-order valence-corrected chi connectivity index (χ4v) is 3.24. The molecule has 18 heavy (non-hydrogen) atoms. The molecule has 2 saturated carbocycles. The number of rotatable bonds is 3. The molecule has 2 aliphatic rings. The second-order valence-corrected chi connectivity index (χ2v) is 5.49. The average molecular weight is 248 g/mol. The van der Waals surface area contributed by atoms with Crippen molar-refractivity contribution in [2.75, 3.05) is 0 Å². The minimum atomic E-state index is -0.0842. The van der Waals surface area contributed by atoms with Gasteiger partial charge in [0.05, 0.1) is 5.69 Å². The Morgan fingerprint density at radius 2 is 2.06 bits per heavy atom. The number of nitrogens with one attached hydrogen (secondary N) is 1. The number of oxazole rings is 1. The van der Waals surface area contributed by atoms with E-state index in [-0.39, 0.29) is 5.91 Å². The number of carbonyl (C=O) groups is 1. The zero-order valence-electron chi connectivity index (χ0n) is 11.0. The maximum absolute atomic E-state index is 12.1. The fourth-order valence-electron chi connectivity index (χ4n) is 3.24. The zero-order valence-corrected chi connectivity index (χ0v) is 11.0. The summed E-state index contributed by atoms with van der Waals surface area (Å²) in [7, 11) is 0. The van der Waals surface area contributed by atoms with Gasteiger partial charge in [-0.1, -0.05) is 19.8 Å². The van der Waals surface area contributed by atoms with Crippen molar-refractivity contribution in [3.8, 4) is 0 Å². The maximum atomic E-state index is 12.1. The highest BCUT2D eigenvalue weighted by Gasteiger charge is 2.51. The first-order valence-corrected chi connectivity index (χ1v) is 6.98. The molecule has 1 amide bonds. The molecule has 2 unspecified atom stereocenters. The van der Waals surface area contributed by atoms with Gasteiger partial charge in [0.1, 0.15) is 0 Å². The Balaban J connectivity index is 1.66. The first-order chi connectivity index (χ1) is 8.70. The summed E-state index contributed by atoms with van der Waals surface area (Å²) in [6.45, 7) is 3.81. The molecule has 4 heteroatoms. The Morgan fingerprint density at radius 1 is 1.39 bits per heavy atom. The molecule has 1 aromatic heterocycles. The minimum Gasteiger partial charge on any atom is -0.435 e. The second-order valence-electron chi connectivity index (χ2n) is 5.49. The maximum Gasteiger partial charge on any atom is 0.289 e. The molecular weight excluding hydrogens is 228 g/mol. The summed E-state index contributed by atoms with van der Waals surface area (Å²) >= 11 is 0. The number of nitrogens with zero attached hydrogens (tertiary/aromatic N) is 1. The summed E-state index contributed by atoms with van der Waals surface area (Å²) in [5, 5.41) is 3.12. The van der Waals surface area contributed by atoms with Gasteiger partial charge in [0.2, 0.25) is 5.76 Å². The summed E-state index contributed by atoms with van der Waals surface area (Å²) < 4.78 is 5.48. The number of aryl methyl sites for hydroxylation is 2. The molecule has 4 nitrogen and oxygen atoms in total. The lowest BCUT2D eigenvalue weighted by atomic mass is 10.0. The summed E-state index contributed by atoms with van der Waals surface area (Å²) in [5.41, 5.74) is 0.702. The van der Waals surface area contributed by atoms with E-state index >= 15 is 0 Å². The number of hydrogen-bond donors (Lipinski definition) is 1. The first kappa shape index (κ1) is 11.8. The van der Waals surface area contributed by atoms with E-state index in [9.17, 15) is 4.79 Å². The van der Waals surface area contributed by atoms with Gasteiger partial charge in [-0.05, 0) is 31.6 Å². The van der Waals surface area contributed by atoms with Crippen molar-refractivity contribution in [3.05, 3.63) is 17.3 Å². The minimum absolute atomic E-state index is 0.0842. The van der Waals surface area contributed by atoms with Gasteiger partial charge >= 0.3 is 0 Å². The van der Waals surface area contributed by atoms with Crippen LogP contribution in [0.1, 0.15) is 54.7 Å².